The Hall–Kier alpha value is -0.310. The van der Waals surface area contributed by atoms with E-state index in [2.05, 4.69) is 0 Å². The van der Waals surface area contributed by atoms with Crippen LogP contribution in [0.15, 0.2) is 0 Å². The van der Waals surface area contributed by atoms with Crippen molar-refractivity contribution in [2.24, 2.45) is 35.5 Å². The molecule has 4 aliphatic carbocycles. The van der Waals surface area contributed by atoms with Crippen molar-refractivity contribution in [1.29, 1.82) is 0 Å². The van der Waals surface area contributed by atoms with Gasteiger partial charge < -0.3 is 9.84 Å². The van der Waals surface area contributed by atoms with Gasteiger partial charge in [0.15, 0.2) is 0 Å². The molecule has 0 aliphatic heterocycles. The Labute approximate surface area is 147 Å². The van der Waals surface area contributed by atoms with Crippen LogP contribution in [0.5, 0.6) is 0 Å². The molecule has 0 spiro atoms. The van der Waals surface area contributed by atoms with Gasteiger partial charge in [-0.3, -0.25) is 4.55 Å². The quantitative estimate of drug-likeness (QED) is 0.662. The number of ether oxygens (including phenoxy) is 1. The van der Waals surface area contributed by atoms with Crippen molar-refractivity contribution in [2.45, 2.75) is 56.8 Å². The third-order valence-electron chi connectivity index (χ3n) is 7.16. The molecule has 7 atom stereocenters. The summed E-state index contributed by atoms with van der Waals surface area (Å²) >= 11 is 0. The maximum atomic E-state index is 13.4. The molecule has 0 saturated heterocycles. The summed E-state index contributed by atoms with van der Waals surface area (Å²) in [5.74, 6) is 1.30. The highest BCUT2D eigenvalue weighted by Crippen LogP contribution is 2.63. The topological polar surface area (TPSA) is 83.8 Å². The van der Waals surface area contributed by atoms with Gasteiger partial charge in [0.25, 0.3) is 0 Å². The highest BCUT2D eigenvalue weighted by atomic mass is 32.2. The molecule has 0 aromatic heterocycles. The molecule has 5 nitrogen and oxygen atoms in total. The molecule has 0 radical (unpaired) electrons. The van der Waals surface area contributed by atoms with Crippen LogP contribution in [0.1, 0.15) is 46.0 Å². The van der Waals surface area contributed by atoms with Gasteiger partial charge in [0.1, 0.15) is 6.61 Å². The van der Waals surface area contributed by atoms with E-state index in [9.17, 15) is 22.3 Å². The minimum Gasteiger partial charge on any atom is -0.389 e. The molecule has 0 heterocycles. The van der Waals surface area contributed by atoms with Crippen LogP contribution in [-0.2, 0) is 14.9 Å². The van der Waals surface area contributed by atoms with Gasteiger partial charge in [-0.1, -0.05) is 20.3 Å². The zero-order valence-electron chi connectivity index (χ0n) is 14.7. The smallest absolute Gasteiger partial charge is 0.389 e. The molecular weight excluding hydrogens is 354 g/mol. The van der Waals surface area contributed by atoms with Crippen LogP contribution in [0.2, 0.25) is 0 Å². The first-order valence-corrected chi connectivity index (χ1v) is 10.6. The maximum Gasteiger partial charge on any atom is 0.392 e. The second-order valence-electron chi connectivity index (χ2n) is 8.36. The van der Waals surface area contributed by atoms with Gasteiger partial charge in [0.2, 0.25) is 0 Å². The summed E-state index contributed by atoms with van der Waals surface area (Å²) in [4.78, 5) is 0. The minimum absolute atomic E-state index is 0.00136. The van der Waals surface area contributed by atoms with E-state index in [1.54, 1.807) is 0 Å². The number of aliphatic hydroxyl groups is 1. The van der Waals surface area contributed by atoms with Crippen LogP contribution < -0.4 is 0 Å². The number of hydrogen-bond acceptors (Lipinski definition) is 4. The summed E-state index contributed by atoms with van der Waals surface area (Å²) in [5.41, 5.74) is -0.790. The Morgan fingerprint density at radius 3 is 2.56 bits per heavy atom. The monoisotopic (exact) mass is 382 g/mol. The van der Waals surface area contributed by atoms with Gasteiger partial charge in [-0.05, 0) is 61.2 Å². The fourth-order valence-electron chi connectivity index (χ4n) is 5.84. The molecule has 8 heteroatoms. The Bertz CT molecular complexity index is 610. The van der Waals surface area contributed by atoms with Crippen LogP contribution >= 0.6 is 0 Å². The molecule has 4 rings (SSSR count). The summed E-state index contributed by atoms with van der Waals surface area (Å²) in [7, 11) is -5.47. The average Bonchev–Trinajstić information content (AvgIpc) is 2.52. The first-order valence-electron chi connectivity index (χ1n) is 9.15. The predicted octanol–water partition coefficient (Wildman–Crippen LogP) is 2.94. The standard InChI is InChI=1S/C17H28F2O5S/c1-3-10(2)17(20)13-5-11-4-12(7-13)14(15(17)6-11)8-24-9-16(18,19)25(21,22)23/h10-15,20H,3-9H2,1-2H3,(H,21,22,23). The molecule has 4 bridgehead atoms. The van der Waals surface area contributed by atoms with E-state index in [4.69, 9.17) is 9.29 Å². The van der Waals surface area contributed by atoms with Crippen LogP contribution in [0, 0.1) is 35.5 Å². The van der Waals surface area contributed by atoms with Crippen molar-refractivity contribution in [2.75, 3.05) is 13.2 Å². The number of alkyl halides is 2. The lowest BCUT2D eigenvalue weighted by Crippen LogP contribution is -2.64. The largest absolute Gasteiger partial charge is 0.392 e. The first kappa shape index (κ1) is 19.5. The molecule has 0 aromatic rings. The van der Waals surface area contributed by atoms with Crippen molar-refractivity contribution in [3.8, 4) is 0 Å². The van der Waals surface area contributed by atoms with Crippen molar-refractivity contribution in [1.82, 2.24) is 0 Å². The SMILES string of the molecule is CCC(C)C1(O)C2CC3CC(C2)C(COCC(F)(F)S(=O)(=O)O)C1C3. The molecule has 4 fully saturated rings. The maximum absolute atomic E-state index is 13.4. The second-order valence-corrected chi connectivity index (χ2v) is 9.91. The van der Waals surface area contributed by atoms with Crippen LogP contribution in [0.25, 0.3) is 0 Å². The van der Waals surface area contributed by atoms with E-state index >= 15 is 0 Å². The van der Waals surface area contributed by atoms with Crippen molar-refractivity contribution >= 4 is 10.1 Å². The van der Waals surface area contributed by atoms with E-state index < -0.39 is 27.6 Å². The molecule has 4 saturated carbocycles. The van der Waals surface area contributed by atoms with Gasteiger partial charge in [-0.25, -0.2) is 0 Å². The third-order valence-corrected chi connectivity index (χ3v) is 8.03. The average molecular weight is 382 g/mol. The Morgan fingerprint density at radius 2 is 1.96 bits per heavy atom. The van der Waals surface area contributed by atoms with Gasteiger partial charge in [-0.15, -0.1) is 0 Å². The summed E-state index contributed by atoms with van der Waals surface area (Å²) in [5, 5.41) is 7.18. The lowest BCUT2D eigenvalue weighted by Gasteiger charge is -2.64. The van der Waals surface area contributed by atoms with Crippen LogP contribution in [0.4, 0.5) is 8.78 Å². The molecule has 0 aromatic carbocycles. The molecule has 0 amide bonds. The van der Waals surface area contributed by atoms with Crippen molar-refractivity contribution in [3.05, 3.63) is 0 Å². The highest BCUT2D eigenvalue weighted by molar-refractivity contribution is 7.86. The van der Waals surface area contributed by atoms with Gasteiger partial charge >= 0.3 is 15.4 Å². The summed E-state index contributed by atoms with van der Waals surface area (Å²) in [6.07, 6.45) is 4.70. The van der Waals surface area contributed by atoms with E-state index in [0.29, 0.717) is 11.8 Å². The third kappa shape index (κ3) is 3.13. The fraction of sp³-hybridized carbons (Fsp3) is 1.00. The lowest BCUT2D eigenvalue weighted by molar-refractivity contribution is -0.233. The van der Waals surface area contributed by atoms with E-state index in [1.807, 2.05) is 13.8 Å². The fourth-order valence-corrected chi connectivity index (χ4v) is 6.07. The summed E-state index contributed by atoms with van der Waals surface area (Å²) in [6, 6.07) is 0. The van der Waals surface area contributed by atoms with E-state index in [1.165, 1.54) is 0 Å². The van der Waals surface area contributed by atoms with Crippen LogP contribution in [0.3, 0.4) is 0 Å². The Balaban J connectivity index is 1.72. The first-order chi connectivity index (χ1) is 11.5. The minimum atomic E-state index is -5.47. The van der Waals surface area contributed by atoms with Gasteiger partial charge in [0.05, 0.1) is 12.2 Å². The molecular formula is C17H28F2O5S. The van der Waals surface area contributed by atoms with Crippen molar-refractivity contribution < 1.29 is 31.6 Å². The second kappa shape index (κ2) is 6.39. The molecule has 7 unspecified atom stereocenters. The molecule has 25 heavy (non-hydrogen) atoms. The predicted molar refractivity (Wildman–Crippen MR) is 87.6 cm³/mol. The molecule has 4 aliphatic rings. The van der Waals surface area contributed by atoms with Crippen molar-refractivity contribution in [3.63, 3.8) is 0 Å². The molecule has 146 valence electrons. The van der Waals surface area contributed by atoms with Gasteiger partial charge in [0, 0.05) is 0 Å². The number of hydrogen-bond donors (Lipinski definition) is 2. The summed E-state index contributed by atoms with van der Waals surface area (Å²) in [6.45, 7) is 2.74. The zero-order valence-corrected chi connectivity index (χ0v) is 15.5. The number of rotatable bonds is 7. The molecule has 2 N–H and O–H groups in total. The Morgan fingerprint density at radius 1 is 1.28 bits per heavy atom. The highest BCUT2D eigenvalue weighted by Gasteiger charge is 2.62. The summed E-state index contributed by atoms with van der Waals surface area (Å²) < 4.78 is 61.8. The van der Waals surface area contributed by atoms with E-state index in [0.717, 1.165) is 32.1 Å². The zero-order chi connectivity index (χ0) is 18.6. The van der Waals surface area contributed by atoms with E-state index in [-0.39, 0.29) is 30.3 Å². The van der Waals surface area contributed by atoms with Gasteiger partial charge in [-0.2, -0.15) is 17.2 Å². The Kier molecular flexibility index (Phi) is 4.97. The van der Waals surface area contributed by atoms with Crippen LogP contribution in [-0.4, -0.2) is 42.1 Å². The normalized spacial score (nSPS) is 41.9. The number of halogens is 2. The lowest BCUT2D eigenvalue weighted by atomic mass is 9.44.